The molecule has 0 aromatic heterocycles. The molecule has 2 aliphatic rings. The molecule has 17 heavy (non-hydrogen) atoms. The van der Waals surface area contributed by atoms with Gasteiger partial charge in [0.05, 0.1) is 0 Å². The normalized spacial score (nSPS) is 26.8. The average Bonchev–Trinajstić information content (AvgIpc) is 2.66. The molecule has 4 nitrogen and oxygen atoms in total. The van der Waals surface area contributed by atoms with Gasteiger partial charge in [-0.05, 0) is 32.1 Å². The van der Waals surface area contributed by atoms with E-state index < -0.39 is 0 Å². The third kappa shape index (κ3) is 3.12. The summed E-state index contributed by atoms with van der Waals surface area (Å²) in [6, 6.07) is 0.515. The van der Waals surface area contributed by atoms with E-state index in [9.17, 15) is 4.79 Å². The van der Waals surface area contributed by atoms with Gasteiger partial charge in [-0.15, -0.1) is 0 Å². The Hall–Kier alpha value is -0.770. The Morgan fingerprint density at radius 2 is 1.65 bits per heavy atom. The van der Waals surface area contributed by atoms with E-state index in [0.717, 1.165) is 45.3 Å². The largest absolute Gasteiger partial charge is 0.328 e. The van der Waals surface area contributed by atoms with Gasteiger partial charge in [0.1, 0.15) is 0 Å². The van der Waals surface area contributed by atoms with Crippen molar-refractivity contribution in [3.05, 3.63) is 0 Å². The molecule has 2 N–H and O–H groups in total. The fourth-order valence-electron chi connectivity index (χ4n) is 2.94. The van der Waals surface area contributed by atoms with Crippen molar-refractivity contribution in [1.29, 1.82) is 0 Å². The molecule has 0 aromatic rings. The maximum Gasteiger partial charge on any atom is 0.320 e. The summed E-state index contributed by atoms with van der Waals surface area (Å²) in [6.45, 7) is 3.38. The van der Waals surface area contributed by atoms with E-state index in [1.54, 1.807) is 0 Å². The molecule has 2 amide bonds. The summed E-state index contributed by atoms with van der Waals surface area (Å²) in [5.41, 5.74) is 5.78. The molecule has 0 aliphatic carbocycles. The first-order valence-electron chi connectivity index (χ1n) is 7.08. The first-order chi connectivity index (χ1) is 8.33. The first-order valence-corrected chi connectivity index (χ1v) is 7.08. The number of carbonyl (C=O) groups is 1. The van der Waals surface area contributed by atoms with Crippen LogP contribution in [-0.2, 0) is 0 Å². The molecular formula is C13H25N3O. The predicted molar refractivity (Wildman–Crippen MR) is 68.8 cm³/mol. The highest BCUT2D eigenvalue weighted by Crippen LogP contribution is 2.19. The van der Waals surface area contributed by atoms with Crippen LogP contribution in [0, 0.1) is 0 Å². The Labute approximate surface area is 104 Å². The number of rotatable bonds is 1. The molecular weight excluding hydrogens is 214 g/mol. The Bertz CT molecular complexity index is 249. The number of nitrogens with two attached hydrogens (primary N) is 1. The zero-order valence-electron chi connectivity index (χ0n) is 10.7. The summed E-state index contributed by atoms with van der Waals surface area (Å²) < 4.78 is 0. The second-order valence-corrected chi connectivity index (χ2v) is 5.26. The van der Waals surface area contributed by atoms with Crippen LogP contribution in [-0.4, -0.2) is 48.1 Å². The second-order valence-electron chi connectivity index (χ2n) is 5.26. The van der Waals surface area contributed by atoms with Crippen molar-refractivity contribution in [2.45, 2.75) is 51.0 Å². The molecule has 4 heteroatoms. The van der Waals surface area contributed by atoms with Crippen LogP contribution in [0.1, 0.15) is 44.9 Å². The topological polar surface area (TPSA) is 49.6 Å². The van der Waals surface area contributed by atoms with Crippen LogP contribution >= 0.6 is 0 Å². The van der Waals surface area contributed by atoms with Crippen LogP contribution in [0.3, 0.4) is 0 Å². The van der Waals surface area contributed by atoms with Crippen molar-refractivity contribution in [3.8, 4) is 0 Å². The van der Waals surface area contributed by atoms with Gasteiger partial charge in [0.2, 0.25) is 0 Å². The van der Waals surface area contributed by atoms with E-state index in [2.05, 4.69) is 0 Å². The van der Waals surface area contributed by atoms with Gasteiger partial charge in [0.15, 0.2) is 0 Å². The number of nitrogens with zero attached hydrogens (tertiary/aromatic N) is 2. The zero-order valence-corrected chi connectivity index (χ0v) is 10.7. The van der Waals surface area contributed by atoms with Crippen LogP contribution in [0.25, 0.3) is 0 Å². The van der Waals surface area contributed by atoms with Gasteiger partial charge in [0.25, 0.3) is 0 Å². The molecule has 98 valence electrons. The number of hydrogen-bond acceptors (Lipinski definition) is 2. The fraction of sp³-hybridized carbons (Fsp3) is 0.923. The Morgan fingerprint density at radius 1 is 1.00 bits per heavy atom. The van der Waals surface area contributed by atoms with Crippen molar-refractivity contribution in [3.63, 3.8) is 0 Å². The summed E-state index contributed by atoms with van der Waals surface area (Å²) in [4.78, 5) is 16.5. The van der Waals surface area contributed by atoms with Crippen LogP contribution in [0.2, 0.25) is 0 Å². The smallest absolute Gasteiger partial charge is 0.320 e. The number of likely N-dealkylation sites (tertiary alicyclic amines) is 2. The quantitative estimate of drug-likeness (QED) is 0.758. The molecule has 0 aromatic carbocycles. The van der Waals surface area contributed by atoms with Crippen molar-refractivity contribution in [2.75, 3.05) is 26.2 Å². The molecule has 1 unspecified atom stereocenters. The van der Waals surface area contributed by atoms with Crippen LogP contribution < -0.4 is 5.73 Å². The minimum Gasteiger partial charge on any atom is -0.328 e. The molecule has 0 saturated carbocycles. The molecule has 1 atom stereocenters. The first kappa shape index (κ1) is 12.7. The molecule has 0 bridgehead atoms. The van der Waals surface area contributed by atoms with E-state index in [4.69, 9.17) is 5.73 Å². The highest BCUT2D eigenvalue weighted by atomic mass is 16.2. The third-order valence-electron chi connectivity index (χ3n) is 4.02. The minimum absolute atomic E-state index is 0.238. The summed E-state index contributed by atoms with van der Waals surface area (Å²) >= 11 is 0. The lowest BCUT2D eigenvalue weighted by atomic mass is 10.0. The average molecular weight is 239 g/mol. The van der Waals surface area contributed by atoms with E-state index in [1.165, 1.54) is 19.3 Å². The summed E-state index contributed by atoms with van der Waals surface area (Å²) in [7, 11) is 0. The molecule has 0 radical (unpaired) electrons. The molecule has 2 heterocycles. The van der Waals surface area contributed by atoms with Crippen LogP contribution in [0.15, 0.2) is 0 Å². The molecule has 0 spiro atoms. The maximum absolute atomic E-state index is 12.5. The van der Waals surface area contributed by atoms with E-state index in [-0.39, 0.29) is 12.1 Å². The van der Waals surface area contributed by atoms with Crippen LogP contribution in [0.4, 0.5) is 4.79 Å². The van der Waals surface area contributed by atoms with Gasteiger partial charge in [-0.3, -0.25) is 0 Å². The van der Waals surface area contributed by atoms with Crippen molar-refractivity contribution >= 4 is 6.03 Å². The zero-order chi connectivity index (χ0) is 12.1. The number of urea groups is 1. The lowest BCUT2D eigenvalue weighted by Crippen LogP contribution is -2.52. The lowest BCUT2D eigenvalue weighted by molar-refractivity contribution is 0.118. The Morgan fingerprint density at radius 3 is 2.29 bits per heavy atom. The van der Waals surface area contributed by atoms with Gasteiger partial charge in [-0.25, -0.2) is 4.79 Å². The van der Waals surface area contributed by atoms with Gasteiger partial charge in [-0.2, -0.15) is 0 Å². The van der Waals surface area contributed by atoms with Gasteiger partial charge < -0.3 is 15.5 Å². The van der Waals surface area contributed by atoms with Gasteiger partial charge in [0, 0.05) is 32.2 Å². The van der Waals surface area contributed by atoms with Gasteiger partial charge in [-0.1, -0.05) is 12.8 Å². The molecule has 2 fully saturated rings. The van der Waals surface area contributed by atoms with E-state index in [0.29, 0.717) is 6.54 Å². The number of carbonyl (C=O) groups excluding carboxylic acids is 1. The van der Waals surface area contributed by atoms with Crippen LogP contribution in [0.5, 0.6) is 0 Å². The highest BCUT2D eigenvalue weighted by molar-refractivity contribution is 5.75. The number of piperidine rings is 1. The van der Waals surface area contributed by atoms with Crippen molar-refractivity contribution < 1.29 is 4.79 Å². The highest BCUT2D eigenvalue weighted by Gasteiger charge is 2.29. The van der Waals surface area contributed by atoms with Gasteiger partial charge >= 0.3 is 6.03 Å². The second kappa shape index (κ2) is 6.24. The third-order valence-corrected chi connectivity index (χ3v) is 4.02. The predicted octanol–water partition coefficient (Wildman–Crippen LogP) is 1.80. The summed E-state index contributed by atoms with van der Waals surface area (Å²) in [6.07, 6.45) is 8.28. The Balaban J connectivity index is 1.96. The molecule has 2 aliphatic heterocycles. The summed E-state index contributed by atoms with van der Waals surface area (Å²) in [5.74, 6) is 0. The maximum atomic E-state index is 12.5. The lowest BCUT2D eigenvalue weighted by Gasteiger charge is -2.38. The van der Waals surface area contributed by atoms with Crippen molar-refractivity contribution in [1.82, 2.24) is 9.80 Å². The van der Waals surface area contributed by atoms with E-state index in [1.807, 2.05) is 9.80 Å². The number of amides is 2. The van der Waals surface area contributed by atoms with Crippen molar-refractivity contribution in [2.24, 2.45) is 5.73 Å². The monoisotopic (exact) mass is 239 g/mol. The molecule has 2 rings (SSSR count). The Kier molecular flexibility index (Phi) is 4.66. The standard InChI is InChI=1S/C13H25N3O/c14-11-12-7-3-6-10-16(12)13(17)15-8-4-1-2-5-9-15/h12H,1-11,14H2. The SMILES string of the molecule is NCC1CCCCN1C(=O)N1CCCCCC1. The fourth-order valence-corrected chi connectivity index (χ4v) is 2.94. The number of hydrogen-bond donors (Lipinski definition) is 1. The summed E-state index contributed by atoms with van der Waals surface area (Å²) in [5, 5.41) is 0. The molecule has 2 saturated heterocycles. The van der Waals surface area contributed by atoms with E-state index >= 15 is 0 Å². The minimum atomic E-state index is 0.238.